The summed E-state index contributed by atoms with van der Waals surface area (Å²) >= 11 is 0. The van der Waals surface area contributed by atoms with Gasteiger partial charge in [0.25, 0.3) is 0 Å². The molecule has 1 nitrogen and oxygen atoms in total. The van der Waals surface area contributed by atoms with Crippen LogP contribution in [-0.2, 0) is 0 Å². The summed E-state index contributed by atoms with van der Waals surface area (Å²) in [6, 6.07) is 0. The molecular formula is C3H12OSi2. The molecule has 0 heterocycles. The van der Waals surface area contributed by atoms with E-state index >= 15 is 0 Å². The van der Waals surface area contributed by atoms with Gasteiger partial charge >= 0.3 is 0 Å². The van der Waals surface area contributed by atoms with Crippen LogP contribution >= 0.6 is 0 Å². The fraction of sp³-hybridized carbons (Fsp3) is 1.00. The highest BCUT2D eigenvalue weighted by molar-refractivity contribution is 7.20. The van der Waals surface area contributed by atoms with Crippen LogP contribution in [0.1, 0.15) is 0 Å². The zero-order valence-corrected chi connectivity index (χ0v) is 7.07. The first-order valence-corrected chi connectivity index (χ1v) is 8.63. The largest absolute Gasteiger partial charge is 0.441 e. The van der Waals surface area contributed by atoms with Gasteiger partial charge < -0.3 is 4.80 Å². The third kappa shape index (κ3) is 4.39. The van der Waals surface area contributed by atoms with Crippen LogP contribution in [0.4, 0.5) is 0 Å². The van der Waals surface area contributed by atoms with Crippen LogP contribution in [0.5, 0.6) is 0 Å². The second kappa shape index (κ2) is 1.90. The molecule has 38 valence electrons. The van der Waals surface area contributed by atoms with Crippen molar-refractivity contribution in [1.82, 2.24) is 0 Å². The highest BCUT2D eigenvalue weighted by Gasteiger charge is 2.10. The van der Waals surface area contributed by atoms with Gasteiger partial charge in [0.15, 0.2) is 0 Å². The third-order valence-electron chi connectivity index (χ3n) is 0.474. The molecule has 1 N–H and O–H groups in total. The van der Waals surface area contributed by atoms with Crippen molar-refractivity contribution >= 4 is 16.9 Å². The first-order chi connectivity index (χ1) is 2.56. The van der Waals surface area contributed by atoms with Crippen LogP contribution in [0.2, 0.25) is 19.6 Å². The summed E-state index contributed by atoms with van der Waals surface area (Å²) in [5.41, 5.74) is 0. The minimum Gasteiger partial charge on any atom is -0.441 e. The molecular weight excluding hydrogens is 108 g/mol. The molecule has 0 aromatic heterocycles. The van der Waals surface area contributed by atoms with Crippen LogP contribution in [0.3, 0.4) is 0 Å². The van der Waals surface area contributed by atoms with Crippen LogP contribution in [-0.4, -0.2) is 21.7 Å². The predicted octanol–water partition coefficient (Wildman–Crippen LogP) is -0.103. The fourth-order valence-corrected chi connectivity index (χ4v) is 0. The van der Waals surface area contributed by atoms with Gasteiger partial charge in [-0.2, -0.15) is 0 Å². The molecule has 0 amide bonds. The van der Waals surface area contributed by atoms with Gasteiger partial charge in [0, 0.05) is 0 Å². The number of rotatable bonds is 1. The molecule has 0 rings (SSSR count). The van der Waals surface area contributed by atoms with Crippen molar-refractivity contribution in [3.63, 3.8) is 0 Å². The fourth-order valence-electron chi connectivity index (χ4n) is 0. The Bertz CT molecular complexity index is 38.5. The maximum absolute atomic E-state index is 8.60. The van der Waals surface area contributed by atoms with Crippen LogP contribution < -0.4 is 0 Å². The Labute approximate surface area is 42.1 Å². The van der Waals surface area contributed by atoms with Gasteiger partial charge in [-0.05, 0) is 0 Å². The molecule has 0 bridgehead atoms. The summed E-state index contributed by atoms with van der Waals surface area (Å²) in [7, 11) is -1.55. The maximum atomic E-state index is 8.60. The first kappa shape index (κ1) is 6.39. The van der Waals surface area contributed by atoms with Crippen LogP contribution in [0.25, 0.3) is 0 Å². The van der Waals surface area contributed by atoms with Crippen molar-refractivity contribution in [1.29, 1.82) is 0 Å². The average molecular weight is 120 g/mol. The molecule has 3 heteroatoms. The van der Waals surface area contributed by atoms with E-state index in [0.717, 1.165) is 0 Å². The van der Waals surface area contributed by atoms with E-state index in [4.69, 9.17) is 4.80 Å². The molecule has 0 spiro atoms. The smallest absolute Gasteiger partial charge is 0.145 e. The predicted molar refractivity (Wildman–Crippen MR) is 34.1 cm³/mol. The van der Waals surface area contributed by atoms with Gasteiger partial charge in [0.05, 0.1) is 7.59 Å². The van der Waals surface area contributed by atoms with Crippen molar-refractivity contribution < 1.29 is 4.80 Å². The number of hydrogen-bond acceptors (Lipinski definition) is 1. The normalized spacial score (nSPS) is 14.0. The molecule has 0 atom stereocenters. The molecule has 0 saturated heterocycles. The second-order valence-corrected chi connectivity index (χ2v) is 15.5. The van der Waals surface area contributed by atoms with E-state index in [2.05, 4.69) is 19.6 Å². The Morgan fingerprint density at radius 1 is 1.33 bits per heavy atom. The lowest BCUT2D eigenvalue weighted by Crippen LogP contribution is -2.29. The van der Waals surface area contributed by atoms with Crippen molar-refractivity contribution in [2.24, 2.45) is 0 Å². The van der Waals surface area contributed by atoms with Crippen LogP contribution in [0, 0.1) is 0 Å². The maximum Gasteiger partial charge on any atom is 0.145 e. The lowest BCUT2D eigenvalue weighted by atomic mass is 11.8. The van der Waals surface area contributed by atoms with Gasteiger partial charge in [-0.15, -0.1) is 0 Å². The van der Waals surface area contributed by atoms with E-state index in [0.29, 0.717) is 0 Å². The third-order valence-corrected chi connectivity index (χ3v) is 4.27. The molecule has 0 fully saturated rings. The summed E-state index contributed by atoms with van der Waals surface area (Å²) < 4.78 is 0. The van der Waals surface area contributed by atoms with E-state index in [1.807, 2.05) is 0 Å². The first-order valence-electron chi connectivity index (χ1n) is 2.17. The molecule has 0 aliphatic rings. The molecule has 0 aliphatic heterocycles. The van der Waals surface area contributed by atoms with Gasteiger partial charge in [-0.25, -0.2) is 0 Å². The van der Waals surface area contributed by atoms with Gasteiger partial charge in [0.1, 0.15) is 9.28 Å². The monoisotopic (exact) mass is 120 g/mol. The Morgan fingerprint density at radius 2 is 1.50 bits per heavy atom. The quantitative estimate of drug-likeness (QED) is 0.479. The molecule has 6 heavy (non-hydrogen) atoms. The lowest BCUT2D eigenvalue weighted by molar-refractivity contribution is 0.618. The second-order valence-electron chi connectivity index (χ2n) is 2.72. The Balaban J connectivity index is 3.17. The molecule has 0 aromatic rings. The highest BCUT2D eigenvalue weighted by atomic mass is 29.2. The zero-order valence-electron chi connectivity index (χ0n) is 4.65. The van der Waals surface area contributed by atoms with Crippen molar-refractivity contribution in [3.8, 4) is 0 Å². The van der Waals surface area contributed by atoms with E-state index in [9.17, 15) is 0 Å². The number of hydrogen-bond donors (Lipinski definition) is 1. The van der Waals surface area contributed by atoms with E-state index in [1.54, 1.807) is 0 Å². The minimum atomic E-state index is -0.937. The lowest BCUT2D eigenvalue weighted by Gasteiger charge is -2.07. The molecule has 0 aliphatic carbocycles. The Hall–Kier alpha value is 0.394. The molecule has 0 saturated carbocycles. The Morgan fingerprint density at radius 3 is 1.50 bits per heavy atom. The molecule has 0 radical (unpaired) electrons. The van der Waals surface area contributed by atoms with Gasteiger partial charge in [-0.3, -0.25) is 0 Å². The summed E-state index contributed by atoms with van der Waals surface area (Å²) in [6.45, 7) is 6.58. The van der Waals surface area contributed by atoms with Gasteiger partial charge in [-0.1, -0.05) is 19.6 Å². The SMILES string of the molecule is C[Si](C)(C)[SiH2]O. The Kier molecular flexibility index (Phi) is 2.03. The minimum absolute atomic E-state index is 0.609. The summed E-state index contributed by atoms with van der Waals surface area (Å²) in [4.78, 5) is 8.60. The van der Waals surface area contributed by atoms with Crippen LogP contribution in [0.15, 0.2) is 0 Å². The van der Waals surface area contributed by atoms with Crippen molar-refractivity contribution in [3.05, 3.63) is 0 Å². The van der Waals surface area contributed by atoms with E-state index < -0.39 is 16.9 Å². The van der Waals surface area contributed by atoms with E-state index in [1.165, 1.54) is 0 Å². The highest BCUT2D eigenvalue weighted by Crippen LogP contribution is 1.92. The molecule has 0 unspecified atom stereocenters. The van der Waals surface area contributed by atoms with Crippen molar-refractivity contribution in [2.75, 3.05) is 0 Å². The summed E-state index contributed by atoms with van der Waals surface area (Å²) in [5.74, 6) is 0. The van der Waals surface area contributed by atoms with Gasteiger partial charge in [0.2, 0.25) is 0 Å². The zero-order chi connectivity index (χ0) is 5.21. The topological polar surface area (TPSA) is 20.2 Å². The molecule has 0 aromatic carbocycles. The summed E-state index contributed by atoms with van der Waals surface area (Å²) in [6.07, 6.45) is 0. The standard InChI is InChI=1S/C3H12OSi2/c1-6(2,3)5-4/h4H,5H2,1-3H3. The van der Waals surface area contributed by atoms with Crippen molar-refractivity contribution in [2.45, 2.75) is 19.6 Å². The average Bonchev–Trinajstić information content (AvgIpc) is 1.35. The van der Waals surface area contributed by atoms with E-state index in [-0.39, 0.29) is 0 Å². The summed E-state index contributed by atoms with van der Waals surface area (Å²) in [5, 5.41) is 0.